The fraction of sp³-hybridized carbons (Fsp3) is 0.400. The van der Waals surface area contributed by atoms with Crippen LogP contribution in [0.25, 0.3) is 10.9 Å². The summed E-state index contributed by atoms with van der Waals surface area (Å²) in [7, 11) is 0. The van der Waals surface area contributed by atoms with Crippen molar-refractivity contribution in [2.45, 2.75) is 31.8 Å². The molecule has 0 aliphatic carbocycles. The molecule has 4 heterocycles. The first-order chi connectivity index (χ1) is 14.7. The summed E-state index contributed by atoms with van der Waals surface area (Å²) in [6.45, 7) is 5.28. The van der Waals surface area contributed by atoms with E-state index < -0.39 is 5.97 Å². The summed E-state index contributed by atoms with van der Waals surface area (Å²) in [5, 5.41) is 14.4. The zero-order valence-electron chi connectivity index (χ0n) is 19.3. The molecule has 0 spiro atoms. The number of benzene rings is 2. The molecule has 1 unspecified atom stereocenters. The molecule has 3 aliphatic heterocycles. The van der Waals surface area contributed by atoms with E-state index in [2.05, 4.69) is 33.1 Å². The predicted octanol–water partition coefficient (Wildman–Crippen LogP) is 0.731. The minimum atomic E-state index is -0.857. The zero-order chi connectivity index (χ0) is 20.5. The second kappa shape index (κ2) is 9.63. The van der Waals surface area contributed by atoms with Crippen molar-refractivity contribution >= 4 is 16.9 Å². The van der Waals surface area contributed by atoms with Crippen LogP contribution in [0, 0.1) is 5.92 Å². The molecule has 158 valence electrons. The Kier molecular flexibility index (Phi) is 6.88. The molecule has 3 fully saturated rings. The third-order valence-electron chi connectivity index (χ3n) is 6.87. The number of hydrogen-bond acceptors (Lipinski definition) is 3. The fourth-order valence-electron chi connectivity index (χ4n) is 5.31. The van der Waals surface area contributed by atoms with Gasteiger partial charge in [-0.1, -0.05) is 36.4 Å². The largest absolute Gasteiger partial charge is 1.00 e. The molecule has 6 rings (SSSR count). The van der Waals surface area contributed by atoms with Crippen molar-refractivity contribution in [2.75, 3.05) is 26.2 Å². The van der Waals surface area contributed by atoms with Gasteiger partial charge in [-0.15, -0.1) is 0 Å². The molecule has 2 aromatic carbocycles. The van der Waals surface area contributed by atoms with Crippen molar-refractivity contribution in [3.63, 3.8) is 0 Å². The molecule has 0 saturated carbocycles. The first-order valence-corrected chi connectivity index (χ1v) is 11.0. The Morgan fingerprint density at radius 2 is 1.87 bits per heavy atom. The summed E-state index contributed by atoms with van der Waals surface area (Å²) >= 11 is 0. The van der Waals surface area contributed by atoms with E-state index in [1.165, 1.54) is 31.5 Å². The van der Waals surface area contributed by atoms with Gasteiger partial charge in [-0.25, -0.2) is 4.79 Å². The summed E-state index contributed by atoms with van der Waals surface area (Å²) in [6.07, 6.45) is 5.60. The maximum Gasteiger partial charge on any atom is 1.00 e. The fourth-order valence-corrected chi connectivity index (χ4v) is 5.31. The number of carboxylic acids is 1. The molecule has 0 radical (unpaired) electrons. The summed E-state index contributed by atoms with van der Waals surface area (Å²) in [5.74, 6) is -0.0614. The van der Waals surface area contributed by atoms with Gasteiger partial charge in [-0.2, -0.15) is 0 Å². The van der Waals surface area contributed by atoms with Crippen molar-refractivity contribution in [1.82, 2.24) is 14.8 Å². The monoisotopic (exact) mass is 411 g/mol. The number of nitrogens with one attached hydrogen (secondary N) is 1. The Morgan fingerprint density at radius 3 is 2.55 bits per heavy atom. The molecular formula is C25H30LiN3O2. The van der Waals surface area contributed by atoms with Crippen LogP contribution in [0.15, 0.2) is 54.7 Å². The van der Waals surface area contributed by atoms with Gasteiger partial charge in [0.15, 0.2) is 0 Å². The van der Waals surface area contributed by atoms with Gasteiger partial charge in [0.1, 0.15) is 0 Å². The van der Waals surface area contributed by atoms with Crippen LogP contribution in [0.5, 0.6) is 0 Å². The molecule has 6 heteroatoms. The van der Waals surface area contributed by atoms with E-state index in [0.29, 0.717) is 11.6 Å². The average molecular weight is 411 g/mol. The van der Waals surface area contributed by atoms with Crippen LogP contribution in [0.4, 0.5) is 0 Å². The maximum absolute atomic E-state index is 11.9. The van der Waals surface area contributed by atoms with Crippen LogP contribution in [0.1, 0.15) is 35.8 Å². The number of hydrogen-bond donors (Lipinski definition) is 2. The van der Waals surface area contributed by atoms with Crippen molar-refractivity contribution in [1.29, 1.82) is 0 Å². The minimum absolute atomic E-state index is 0. The smallest absolute Gasteiger partial charge is 1.00 e. The van der Waals surface area contributed by atoms with Gasteiger partial charge in [-0.3, -0.25) is 0 Å². The van der Waals surface area contributed by atoms with Crippen LogP contribution in [0.3, 0.4) is 0 Å². The van der Waals surface area contributed by atoms with Crippen molar-refractivity contribution in [3.05, 3.63) is 71.4 Å². The number of piperidine rings is 3. The summed E-state index contributed by atoms with van der Waals surface area (Å²) in [6, 6.07) is 16.5. The quantitative estimate of drug-likeness (QED) is 0.563. The number of carboxylic acid groups (broad SMARTS) is 1. The third kappa shape index (κ3) is 4.61. The summed E-state index contributed by atoms with van der Waals surface area (Å²) in [4.78, 5) is 14.5. The topological polar surface area (TPSA) is 57.5 Å². The van der Waals surface area contributed by atoms with Gasteiger partial charge in [0, 0.05) is 36.2 Å². The van der Waals surface area contributed by atoms with E-state index in [9.17, 15) is 9.90 Å². The molecule has 2 bridgehead atoms. The number of fused-ring (bicyclic) bond motifs is 4. The first-order valence-electron chi connectivity index (χ1n) is 11.0. The number of rotatable bonds is 7. The Labute approximate surface area is 197 Å². The van der Waals surface area contributed by atoms with E-state index in [0.717, 1.165) is 48.4 Å². The molecule has 1 aromatic heterocycles. The van der Waals surface area contributed by atoms with Crippen molar-refractivity contribution < 1.29 is 30.2 Å². The molecule has 31 heavy (non-hydrogen) atoms. The van der Waals surface area contributed by atoms with Gasteiger partial charge in [-0.05, 0) is 68.1 Å². The predicted molar refractivity (Wildman–Crippen MR) is 120 cm³/mol. The molecule has 5 nitrogen and oxygen atoms in total. The van der Waals surface area contributed by atoms with Gasteiger partial charge in [0.25, 0.3) is 0 Å². The van der Waals surface area contributed by atoms with E-state index >= 15 is 0 Å². The van der Waals surface area contributed by atoms with Gasteiger partial charge < -0.3 is 21.3 Å². The van der Waals surface area contributed by atoms with Crippen LogP contribution < -0.4 is 24.2 Å². The Balaban J connectivity index is 0.00000144. The summed E-state index contributed by atoms with van der Waals surface area (Å²) < 4.78 is 2.20. The van der Waals surface area contributed by atoms with E-state index in [1.54, 1.807) is 6.07 Å². The van der Waals surface area contributed by atoms with E-state index in [4.69, 9.17) is 0 Å². The normalized spacial score (nSPS) is 22.4. The number of nitrogens with zero attached hydrogens (tertiary/aromatic N) is 2. The van der Waals surface area contributed by atoms with Crippen molar-refractivity contribution in [2.24, 2.45) is 5.92 Å². The second-order valence-electron chi connectivity index (χ2n) is 8.72. The molecule has 0 amide bonds. The molecule has 3 aliphatic rings. The minimum Gasteiger partial charge on any atom is -1.00 e. The van der Waals surface area contributed by atoms with Crippen molar-refractivity contribution in [3.8, 4) is 0 Å². The van der Waals surface area contributed by atoms with Crippen LogP contribution in [0.2, 0.25) is 0 Å². The van der Waals surface area contributed by atoms with Gasteiger partial charge >= 0.3 is 24.8 Å². The second-order valence-corrected chi connectivity index (χ2v) is 8.72. The average Bonchev–Trinajstić information content (AvgIpc) is 3.13. The Hall–Kier alpha value is -2.03. The maximum atomic E-state index is 11.9. The third-order valence-corrected chi connectivity index (χ3v) is 6.87. The molecule has 2 N–H and O–H groups in total. The van der Waals surface area contributed by atoms with Crippen LogP contribution >= 0.6 is 0 Å². The first kappa shape index (κ1) is 22.2. The molecule has 1 atom stereocenters. The zero-order valence-corrected chi connectivity index (χ0v) is 18.3. The van der Waals surface area contributed by atoms with Gasteiger partial charge in [0.2, 0.25) is 0 Å². The number of aromatic nitrogens is 1. The Morgan fingerprint density at radius 1 is 1.10 bits per heavy atom. The standard InChI is InChI=1S/C25H29N3O2.Li.H/c29-25(30)21-7-4-8-23-24(21)20(16-28(23)15-18-5-2-1-3-6-18)9-12-26-22-17-27-13-10-19(22)11-14-27;;/h1-8,16,19,22,26H,9-15,17H2,(H,29,30);;/q;+1;-1. The SMILES string of the molecule is O=C(O)c1cccc2c1c(CCNC1CN3CCC1CC3)cn2Cc1ccccc1.[H-].[Li+]. The summed E-state index contributed by atoms with van der Waals surface area (Å²) in [5.41, 5.74) is 3.73. The number of aromatic carboxylic acids is 1. The van der Waals surface area contributed by atoms with Crippen LogP contribution in [-0.4, -0.2) is 52.8 Å². The van der Waals surface area contributed by atoms with E-state index in [-0.39, 0.29) is 20.3 Å². The van der Waals surface area contributed by atoms with E-state index in [1.807, 2.05) is 30.3 Å². The molecular weight excluding hydrogens is 381 g/mol. The Bertz CT molecular complexity index is 1050. The van der Waals surface area contributed by atoms with Crippen LogP contribution in [-0.2, 0) is 13.0 Å². The molecule has 3 saturated heterocycles. The molecule has 3 aromatic rings. The van der Waals surface area contributed by atoms with Gasteiger partial charge in [0.05, 0.1) is 5.56 Å². The number of carbonyl (C=O) groups is 1.